The van der Waals surface area contributed by atoms with Crippen LogP contribution in [0.1, 0.15) is 29.3 Å². The average molecular weight is 354 g/mol. The van der Waals surface area contributed by atoms with E-state index in [0.717, 1.165) is 17.7 Å². The van der Waals surface area contributed by atoms with Gasteiger partial charge in [-0.3, -0.25) is 9.79 Å². The van der Waals surface area contributed by atoms with Crippen molar-refractivity contribution in [3.63, 3.8) is 0 Å². The number of amidine groups is 1. The minimum atomic E-state index is -0.382. The van der Waals surface area contributed by atoms with Crippen LogP contribution in [0.5, 0.6) is 0 Å². The highest BCUT2D eigenvalue weighted by Crippen LogP contribution is 2.35. The molecule has 0 saturated carbocycles. The zero-order valence-electron chi connectivity index (χ0n) is 13.7. The number of benzene rings is 2. The Labute approximate surface area is 149 Å². The van der Waals surface area contributed by atoms with Crippen LogP contribution in [0.3, 0.4) is 0 Å². The lowest BCUT2D eigenvalue weighted by Crippen LogP contribution is -2.28. The summed E-state index contributed by atoms with van der Waals surface area (Å²) in [6.45, 7) is 2.05. The molecule has 0 spiro atoms. The van der Waals surface area contributed by atoms with Crippen molar-refractivity contribution in [2.75, 3.05) is 11.1 Å². The number of nitroso groups, excluding NO2 is 1. The Balaban J connectivity index is 1.80. The lowest BCUT2D eigenvalue weighted by molar-refractivity contribution is 0.102. The number of carbonyl (C=O) groups is 1. The molecule has 3 N–H and O–H groups in total. The first-order valence-corrected chi connectivity index (χ1v) is 8.82. The maximum atomic E-state index is 12.4. The van der Waals surface area contributed by atoms with Crippen molar-refractivity contribution in [2.45, 2.75) is 18.9 Å². The van der Waals surface area contributed by atoms with E-state index < -0.39 is 0 Å². The Bertz CT molecular complexity index is 835. The van der Waals surface area contributed by atoms with Gasteiger partial charge in [0.25, 0.3) is 5.91 Å². The number of nitrogens with two attached hydrogens (primary N) is 1. The number of hydrogen-bond donors (Lipinski definition) is 2. The van der Waals surface area contributed by atoms with Crippen molar-refractivity contribution in [1.29, 1.82) is 0 Å². The summed E-state index contributed by atoms with van der Waals surface area (Å²) in [6.07, 6.45) is 0.885. The number of anilines is 1. The van der Waals surface area contributed by atoms with E-state index in [1.54, 1.807) is 23.9 Å². The summed E-state index contributed by atoms with van der Waals surface area (Å²) in [5.74, 6) is 0.668. The number of nitrogens with zero attached hydrogens (tertiary/aromatic N) is 2. The SMILES string of the molecule is CC1(c2cccc(NC(=O)c3ccc(N=O)cc3)c2)CCSC(N)=N1. The first-order valence-electron chi connectivity index (χ1n) is 7.84. The molecule has 1 aliphatic heterocycles. The Morgan fingerprint density at radius 2 is 2.04 bits per heavy atom. The van der Waals surface area contributed by atoms with E-state index in [1.807, 2.05) is 31.2 Å². The van der Waals surface area contributed by atoms with Gasteiger partial charge in [-0.2, -0.15) is 0 Å². The second-order valence-electron chi connectivity index (χ2n) is 6.00. The fourth-order valence-corrected chi connectivity index (χ4v) is 3.68. The number of thioether (sulfide) groups is 1. The van der Waals surface area contributed by atoms with Gasteiger partial charge in [0.1, 0.15) is 5.69 Å². The van der Waals surface area contributed by atoms with Crippen LogP contribution in [0.4, 0.5) is 11.4 Å². The van der Waals surface area contributed by atoms with Gasteiger partial charge in [0, 0.05) is 17.0 Å². The van der Waals surface area contributed by atoms with Gasteiger partial charge in [0.15, 0.2) is 5.17 Å². The maximum Gasteiger partial charge on any atom is 0.255 e. The summed E-state index contributed by atoms with van der Waals surface area (Å²) in [7, 11) is 0. The maximum absolute atomic E-state index is 12.4. The minimum absolute atomic E-state index is 0.248. The Morgan fingerprint density at radius 1 is 1.28 bits per heavy atom. The number of carbonyl (C=O) groups excluding carboxylic acids is 1. The van der Waals surface area contributed by atoms with E-state index in [1.165, 1.54) is 12.1 Å². The molecule has 0 aliphatic carbocycles. The number of hydrogen-bond acceptors (Lipinski definition) is 6. The van der Waals surface area contributed by atoms with E-state index in [-0.39, 0.29) is 17.1 Å². The summed E-state index contributed by atoms with van der Waals surface area (Å²) >= 11 is 1.56. The van der Waals surface area contributed by atoms with Crippen molar-refractivity contribution in [3.8, 4) is 0 Å². The predicted molar refractivity (Wildman–Crippen MR) is 102 cm³/mol. The van der Waals surface area contributed by atoms with Crippen LogP contribution in [0.2, 0.25) is 0 Å². The zero-order valence-corrected chi connectivity index (χ0v) is 14.5. The van der Waals surface area contributed by atoms with E-state index in [2.05, 4.69) is 15.5 Å². The van der Waals surface area contributed by atoms with Crippen molar-refractivity contribution < 1.29 is 4.79 Å². The highest BCUT2D eigenvalue weighted by Gasteiger charge is 2.29. The Kier molecular flexibility index (Phi) is 4.85. The molecule has 3 rings (SSSR count). The molecule has 2 aromatic rings. The number of aliphatic imine (C=N–C) groups is 1. The molecular weight excluding hydrogens is 336 g/mol. The molecular formula is C18H18N4O2S. The summed E-state index contributed by atoms with van der Waals surface area (Å²) in [5.41, 5.74) is 7.94. The van der Waals surface area contributed by atoms with Gasteiger partial charge in [0.05, 0.1) is 5.54 Å². The van der Waals surface area contributed by atoms with Gasteiger partial charge < -0.3 is 11.1 Å². The molecule has 0 radical (unpaired) electrons. The fourth-order valence-electron chi connectivity index (χ4n) is 2.70. The smallest absolute Gasteiger partial charge is 0.255 e. The predicted octanol–water partition coefficient (Wildman–Crippen LogP) is 4.00. The second-order valence-corrected chi connectivity index (χ2v) is 7.11. The molecule has 0 bridgehead atoms. The monoisotopic (exact) mass is 354 g/mol. The lowest BCUT2D eigenvalue weighted by atomic mass is 9.89. The third kappa shape index (κ3) is 3.88. The molecule has 1 heterocycles. The Hall–Kier alpha value is -2.67. The van der Waals surface area contributed by atoms with Crippen LogP contribution < -0.4 is 11.1 Å². The summed E-state index contributed by atoms with van der Waals surface area (Å²) in [5, 5.41) is 6.29. The molecule has 1 unspecified atom stereocenters. The Morgan fingerprint density at radius 3 is 2.72 bits per heavy atom. The van der Waals surface area contributed by atoms with Gasteiger partial charge in [-0.1, -0.05) is 23.9 Å². The van der Waals surface area contributed by atoms with Crippen LogP contribution in [0, 0.1) is 4.91 Å². The van der Waals surface area contributed by atoms with Gasteiger partial charge in [0.2, 0.25) is 0 Å². The standard InChI is InChI=1S/C18H18N4O2S/c1-18(9-10-25-17(19)21-18)13-3-2-4-15(11-13)20-16(23)12-5-7-14(22-24)8-6-12/h2-8,11H,9-10H2,1H3,(H2,19,21)(H,20,23). The molecule has 128 valence electrons. The third-order valence-electron chi connectivity index (χ3n) is 4.17. The number of nitrogens with one attached hydrogen (secondary N) is 1. The van der Waals surface area contributed by atoms with Gasteiger partial charge in [-0.05, 0) is 60.5 Å². The van der Waals surface area contributed by atoms with Gasteiger partial charge >= 0.3 is 0 Å². The molecule has 0 fully saturated rings. The van der Waals surface area contributed by atoms with E-state index in [9.17, 15) is 9.70 Å². The first kappa shape index (κ1) is 17.2. The summed E-state index contributed by atoms with van der Waals surface area (Å²) < 4.78 is 0. The molecule has 0 saturated heterocycles. The lowest BCUT2D eigenvalue weighted by Gasteiger charge is -2.30. The van der Waals surface area contributed by atoms with Crippen LogP contribution in [0.15, 0.2) is 58.7 Å². The summed E-state index contributed by atoms with van der Waals surface area (Å²) in [6, 6.07) is 13.8. The minimum Gasteiger partial charge on any atom is -0.379 e. The number of amides is 1. The molecule has 1 aliphatic rings. The van der Waals surface area contributed by atoms with E-state index in [0.29, 0.717) is 16.4 Å². The van der Waals surface area contributed by atoms with Crippen LogP contribution in [0.25, 0.3) is 0 Å². The van der Waals surface area contributed by atoms with E-state index >= 15 is 0 Å². The fraction of sp³-hybridized carbons (Fsp3) is 0.222. The molecule has 25 heavy (non-hydrogen) atoms. The second kappa shape index (κ2) is 7.06. The molecule has 0 aromatic heterocycles. The zero-order chi connectivity index (χ0) is 17.9. The summed E-state index contributed by atoms with van der Waals surface area (Å²) in [4.78, 5) is 27.4. The van der Waals surface area contributed by atoms with E-state index in [4.69, 9.17) is 5.73 Å². The third-order valence-corrected chi connectivity index (χ3v) is 4.97. The quantitative estimate of drug-likeness (QED) is 0.811. The number of rotatable bonds is 4. The molecule has 2 aromatic carbocycles. The van der Waals surface area contributed by atoms with Crippen molar-refractivity contribution in [1.82, 2.24) is 0 Å². The molecule has 1 atom stereocenters. The van der Waals surface area contributed by atoms with Crippen LogP contribution in [-0.4, -0.2) is 16.8 Å². The molecule has 6 nitrogen and oxygen atoms in total. The van der Waals surface area contributed by atoms with Crippen LogP contribution >= 0.6 is 11.8 Å². The molecule has 1 amide bonds. The average Bonchev–Trinajstić information content (AvgIpc) is 2.62. The van der Waals surface area contributed by atoms with Crippen molar-refractivity contribution in [2.24, 2.45) is 15.9 Å². The van der Waals surface area contributed by atoms with Crippen LogP contribution in [-0.2, 0) is 5.54 Å². The van der Waals surface area contributed by atoms with Crippen molar-refractivity contribution >= 4 is 34.2 Å². The highest BCUT2D eigenvalue weighted by atomic mass is 32.2. The van der Waals surface area contributed by atoms with Gasteiger partial charge in [-0.15, -0.1) is 4.91 Å². The highest BCUT2D eigenvalue weighted by molar-refractivity contribution is 8.13. The largest absolute Gasteiger partial charge is 0.379 e. The first-order chi connectivity index (χ1) is 12.0. The van der Waals surface area contributed by atoms with Crippen molar-refractivity contribution in [3.05, 3.63) is 64.6 Å². The molecule has 7 heteroatoms. The topological polar surface area (TPSA) is 96.9 Å². The van der Waals surface area contributed by atoms with Gasteiger partial charge in [-0.25, -0.2) is 0 Å². The normalized spacial score (nSPS) is 19.8.